The van der Waals surface area contributed by atoms with Gasteiger partial charge >= 0.3 is 5.97 Å². The number of hydrogen-bond acceptors (Lipinski definition) is 4. The van der Waals surface area contributed by atoms with Crippen molar-refractivity contribution in [1.29, 1.82) is 0 Å². The van der Waals surface area contributed by atoms with Crippen LogP contribution >= 0.6 is 0 Å². The number of aliphatic hydroxyl groups is 1. The van der Waals surface area contributed by atoms with Gasteiger partial charge in [-0.3, -0.25) is 10.5 Å². The molecule has 0 saturated heterocycles. The molecule has 0 radical (unpaired) electrons. The molecule has 15 heavy (non-hydrogen) atoms. The van der Waals surface area contributed by atoms with Crippen LogP contribution in [0.1, 0.15) is 18.4 Å². The minimum absolute atomic E-state index is 0.0956. The average molecular weight is 209 g/mol. The SMILES string of the molecule is COC(=O)CCC(N)(O)c1ccccc1. The zero-order valence-corrected chi connectivity index (χ0v) is 8.64. The summed E-state index contributed by atoms with van der Waals surface area (Å²) >= 11 is 0. The van der Waals surface area contributed by atoms with Crippen molar-refractivity contribution in [3.05, 3.63) is 35.9 Å². The number of methoxy groups -OCH3 is 1. The largest absolute Gasteiger partial charge is 0.469 e. The highest BCUT2D eigenvalue weighted by molar-refractivity contribution is 5.69. The summed E-state index contributed by atoms with van der Waals surface area (Å²) in [6.45, 7) is 0. The van der Waals surface area contributed by atoms with Crippen molar-refractivity contribution < 1.29 is 14.6 Å². The molecule has 1 unspecified atom stereocenters. The Morgan fingerprint density at radius 1 is 1.47 bits per heavy atom. The van der Waals surface area contributed by atoms with E-state index in [-0.39, 0.29) is 18.8 Å². The highest BCUT2D eigenvalue weighted by atomic mass is 16.5. The first-order valence-electron chi connectivity index (χ1n) is 4.70. The van der Waals surface area contributed by atoms with Crippen molar-refractivity contribution in [2.75, 3.05) is 7.11 Å². The van der Waals surface area contributed by atoms with Crippen LogP contribution in [-0.2, 0) is 15.3 Å². The van der Waals surface area contributed by atoms with Crippen molar-refractivity contribution in [3.8, 4) is 0 Å². The van der Waals surface area contributed by atoms with E-state index in [4.69, 9.17) is 5.73 Å². The first-order valence-corrected chi connectivity index (χ1v) is 4.70. The summed E-state index contributed by atoms with van der Waals surface area (Å²) in [7, 11) is 1.31. The first kappa shape index (κ1) is 11.7. The molecule has 1 aromatic carbocycles. The van der Waals surface area contributed by atoms with Crippen LogP contribution in [0.4, 0.5) is 0 Å². The first-order chi connectivity index (χ1) is 7.06. The highest BCUT2D eigenvalue weighted by Crippen LogP contribution is 2.20. The zero-order chi connectivity index (χ0) is 11.3. The predicted octanol–water partition coefficient (Wildman–Crippen LogP) is 0.744. The zero-order valence-electron chi connectivity index (χ0n) is 8.64. The van der Waals surface area contributed by atoms with Crippen molar-refractivity contribution in [2.45, 2.75) is 18.6 Å². The van der Waals surface area contributed by atoms with Crippen molar-refractivity contribution in [1.82, 2.24) is 0 Å². The molecule has 0 bridgehead atoms. The van der Waals surface area contributed by atoms with Gasteiger partial charge in [0.05, 0.1) is 7.11 Å². The smallest absolute Gasteiger partial charge is 0.305 e. The second-order valence-corrected chi connectivity index (χ2v) is 3.37. The molecular weight excluding hydrogens is 194 g/mol. The Kier molecular flexibility index (Phi) is 3.82. The van der Waals surface area contributed by atoms with Gasteiger partial charge in [-0.15, -0.1) is 0 Å². The van der Waals surface area contributed by atoms with Crippen LogP contribution < -0.4 is 5.73 Å². The lowest BCUT2D eigenvalue weighted by Gasteiger charge is -2.22. The summed E-state index contributed by atoms with van der Waals surface area (Å²) < 4.78 is 4.48. The lowest BCUT2D eigenvalue weighted by atomic mass is 9.99. The van der Waals surface area contributed by atoms with Gasteiger partial charge in [0.15, 0.2) is 0 Å². The molecule has 1 aromatic rings. The third-order valence-electron chi connectivity index (χ3n) is 2.21. The van der Waals surface area contributed by atoms with E-state index in [2.05, 4.69) is 4.74 Å². The molecule has 0 aliphatic rings. The summed E-state index contributed by atoms with van der Waals surface area (Å²) in [5, 5.41) is 9.90. The lowest BCUT2D eigenvalue weighted by molar-refractivity contribution is -0.142. The number of esters is 1. The summed E-state index contributed by atoms with van der Waals surface area (Å²) in [6, 6.07) is 8.84. The Morgan fingerprint density at radius 2 is 2.07 bits per heavy atom. The van der Waals surface area contributed by atoms with Crippen LogP contribution in [0.5, 0.6) is 0 Å². The van der Waals surface area contributed by atoms with Crippen LogP contribution in [0.15, 0.2) is 30.3 Å². The molecule has 4 heteroatoms. The molecule has 0 fully saturated rings. The molecule has 1 rings (SSSR count). The van der Waals surface area contributed by atoms with E-state index in [0.717, 1.165) is 0 Å². The van der Waals surface area contributed by atoms with E-state index >= 15 is 0 Å². The Bertz CT molecular complexity index is 322. The molecule has 0 spiro atoms. The predicted molar refractivity (Wildman–Crippen MR) is 55.8 cm³/mol. The molecule has 3 N–H and O–H groups in total. The van der Waals surface area contributed by atoms with Crippen LogP contribution in [0.25, 0.3) is 0 Å². The number of carbonyl (C=O) groups excluding carboxylic acids is 1. The summed E-state index contributed by atoms with van der Waals surface area (Å²) in [4.78, 5) is 10.9. The average Bonchev–Trinajstić information content (AvgIpc) is 2.27. The van der Waals surface area contributed by atoms with Gasteiger partial charge in [0.1, 0.15) is 5.72 Å². The summed E-state index contributed by atoms with van der Waals surface area (Å²) in [5.41, 5.74) is 4.80. The molecule has 4 nitrogen and oxygen atoms in total. The van der Waals surface area contributed by atoms with E-state index in [1.165, 1.54) is 7.11 Å². The lowest BCUT2D eigenvalue weighted by Crippen LogP contribution is -2.36. The van der Waals surface area contributed by atoms with Crippen LogP contribution in [0.3, 0.4) is 0 Å². The second-order valence-electron chi connectivity index (χ2n) is 3.37. The fraction of sp³-hybridized carbons (Fsp3) is 0.364. The monoisotopic (exact) mass is 209 g/mol. The van der Waals surface area contributed by atoms with Gasteiger partial charge < -0.3 is 9.84 Å². The molecule has 1 atom stereocenters. The molecule has 0 heterocycles. The molecule has 0 aromatic heterocycles. The van der Waals surface area contributed by atoms with E-state index in [1.807, 2.05) is 6.07 Å². The van der Waals surface area contributed by atoms with Crippen molar-refractivity contribution >= 4 is 5.97 Å². The third-order valence-corrected chi connectivity index (χ3v) is 2.21. The van der Waals surface area contributed by atoms with Gasteiger partial charge in [-0.25, -0.2) is 0 Å². The molecule has 0 amide bonds. The molecule has 0 saturated carbocycles. The van der Waals surface area contributed by atoms with E-state index in [0.29, 0.717) is 5.56 Å². The number of ether oxygens (including phenoxy) is 1. The van der Waals surface area contributed by atoms with Gasteiger partial charge in [0.25, 0.3) is 0 Å². The summed E-state index contributed by atoms with van der Waals surface area (Å²) in [5.74, 6) is -0.380. The van der Waals surface area contributed by atoms with E-state index in [9.17, 15) is 9.90 Å². The number of benzene rings is 1. The molecular formula is C11H15NO3. The number of carbonyl (C=O) groups is 1. The number of hydrogen-bond donors (Lipinski definition) is 2. The Balaban J connectivity index is 2.63. The quantitative estimate of drug-likeness (QED) is 0.566. The number of rotatable bonds is 4. The van der Waals surface area contributed by atoms with Gasteiger partial charge in [-0.2, -0.15) is 0 Å². The normalized spacial score (nSPS) is 14.3. The highest BCUT2D eigenvalue weighted by Gasteiger charge is 2.24. The van der Waals surface area contributed by atoms with Gasteiger partial charge in [-0.1, -0.05) is 30.3 Å². The Hall–Kier alpha value is -1.39. The maximum absolute atomic E-state index is 10.9. The third kappa shape index (κ3) is 3.34. The van der Waals surface area contributed by atoms with E-state index in [1.54, 1.807) is 24.3 Å². The fourth-order valence-corrected chi connectivity index (χ4v) is 1.27. The standard InChI is InChI=1S/C11H15NO3/c1-15-10(13)7-8-11(12,14)9-5-3-2-4-6-9/h2-6,14H,7-8,12H2,1H3. The Labute approximate surface area is 88.7 Å². The molecule has 0 aliphatic heterocycles. The van der Waals surface area contributed by atoms with Crippen molar-refractivity contribution in [2.24, 2.45) is 5.73 Å². The van der Waals surface area contributed by atoms with E-state index < -0.39 is 5.72 Å². The molecule has 82 valence electrons. The molecule has 0 aliphatic carbocycles. The van der Waals surface area contributed by atoms with Crippen LogP contribution in [0.2, 0.25) is 0 Å². The van der Waals surface area contributed by atoms with Crippen LogP contribution in [-0.4, -0.2) is 18.2 Å². The van der Waals surface area contributed by atoms with Crippen molar-refractivity contribution in [3.63, 3.8) is 0 Å². The minimum Gasteiger partial charge on any atom is -0.469 e. The van der Waals surface area contributed by atoms with Gasteiger partial charge in [0.2, 0.25) is 0 Å². The van der Waals surface area contributed by atoms with Gasteiger partial charge in [0, 0.05) is 12.8 Å². The Morgan fingerprint density at radius 3 is 2.60 bits per heavy atom. The number of nitrogens with two attached hydrogens (primary N) is 1. The minimum atomic E-state index is -1.48. The fourth-order valence-electron chi connectivity index (χ4n) is 1.27. The van der Waals surface area contributed by atoms with Gasteiger partial charge in [-0.05, 0) is 5.56 Å². The topological polar surface area (TPSA) is 72.5 Å². The maximum atomic E-state index is 10.9. The second kappa shape index (κ2) is 4.91. The summed E-state index contributed by atoms with van der Waals surface area (Å²) in [6.07, 6.45) is 0.238. The van der Waals surface area contributed by atoms with Crippen LogP contribution in [0, 0.1) is 0 Å². The maximum Gasteiger partial charge on any atom is 0.305 e.